The number of anilines is 1. The second-order valence-electron chi connectivity index (χ2n) is 5.30. The van der Waals surface area contributed by atoms with Gasteiger partial charge in [0.1, 0.15) is 0 Å². The number of aromatic nitrogens is 1. The highest BCUT2D eigenvalue weighted by Crippen LogP contribution is 2.20. The zero-order valence-corrected chi connectivity index (χ0v) is 11.8. The lowest BCUT2D eigenvalue weighted by Gasteiger charge is -2.07. The van der Waals surface area contributed by atoms with Gasteiger partial charge in [-0.05, 0) is 46.5 Å². The summed E-state index contributed by atoms with van der Waals surface area (Å²) in [6.07, 6.45) is 1.87. The summed E-state index contributed by atoms with van der Waals surface area (Å²) in [4.78, 5) is 15.5. The Morgan fingerprint density at radius 2 is 1.64 bits per heavy atom. The van der Waals surface area contributed by atoms with E-state index in [0.29, 0.717) is 5.56 Å². The molecule has 1 amide bonds. The summed E-state index contributed by atoms with van der Waals surface area (Å²) < 4.78 is 0. The third-order valence-corrected chi connectivity index (χ3v) is 3.82. The van der Waals surface area contributed by atoms with Crippen LogP contribution in [0.25, 0.3) is 21.7 Å². The Hall–Kier alpha value is -3.07. The maximum Gasteiger partial charge on any atom is 0.255 e. The van der Waals surface area contributed by atoms with Gasteiger partial charge in [0.25, 0.3) is 5.91 Å². The first kappa shape index (κ1) is 12.7. The first-order valence-corrected chi connectivity index (χ1v) is 7.17. The Labute approximate surface area is 127 Å². The van der Waals surface area contributed by atoms with E-state index < -0.39 is 0 Å². The lowest BCUT2D eigenvalue weighted by atomic mass is 10.1. The fourth-order valence-corrected chi connectivity index (χ4v) is 2.66. The van der Waals surface area contributed by atoms with Gasteiger partial charge in [-0.1, -0.05) is 36.4 Å². The number of rotatable bonds is 2. The second-order valence-corrected chi connectivity index (χ2v) is 5.30. The van der Waals surface area contributed by atoms with Crippen LogP contribution < -0.4 is 5.32 Å². The zero-order chi connectivity index (χ0) is 14.9. The average molecular weight is 286 g/mol. The molecule has 0 fully saturated rings. The minimum atomic E-state index is -0.105. The lowest BCUT2D eigenvalue weighted by Crippen LogP contribution is -2.11. The fourth-order valence-electron chi connectivity index (χ4n) is 2.66. The molecule has 106 valence electrons. The maximum absolute atomic E-state index is 12.4. The van der Waals surface area contributed by atoms with Gasteiger partial charge in [0.15, 0.2) is 0 Å². The predicted molar refractivity (Wildman–Crippen MR) is 90.2 cm³/mol. The largest absolute Gasteiger partial charge is 0.361 e. The molecule has 0 atom stereocenters. The van der Waals surface area contributed by atoms with Crippen molar-refractivity contribution in [3.8, 4) is 0 Å². The molecule has 22 heavy (non-hydrogen) atoms. The molecule has 1 heterocycles. The van der Waals surface area contributed by atoms with E-state index in [9.17, 15) is 4.79 Å². The van der Waals surface area contributed by atoms with Crippen LogP contribution in [-0.2, 0) is 0 Å². The van der Waals surface area contributed by atoms with Gasteiger partial charge in [-0.25, -0.2) is 0 Å². The molecule has 2 N–H and O–H groups in total. The van der Waals surface area contributed by atoms with Crippen molar-refractivity contribution in [2.45, 2.75) is 0 Å². The van der Waals surface area contributed by atoms with Crippen LogP contribution in [0.15, 0.2) is 72.9 Å². The minimum absolute atomic E-state index is 0.105. The molecule has 3 nitrogen and oxygen atoms in total. The smallest absolute Gasteiger partial charge is 0.255 e. The first-order chi connectivity index (χ1) is 10.8. The predicted octanol–water partition coefficient (Wildman–Crippen LogP) is 4.57. The van der Waals surface area contributed by atoms with Gasteiger partial charge in [0, 0.05) is 23.0 Å². The Morgan fingerprint density at radius 1 is 0.818 bits per heavy atom. The number of carbonyl (C=O) groups is 1. The topological polar surface area (TPSA) is 44.9 Å². The van der Waals surface area contributed by atoms with Crippen LogP contribution in [0.5, 0.6) is 0 Å². The molecular weight excluding hydrogens is 272 g/mol. The van der Waals surface area contributed by atoms with Gasteiger partial charge in [-0.3, -0.25) is 4.79 Å². The van der Waals surface area contributed by atoms with E-state index >= 15 is 0 Å². The number of aromatic amines is 1. The SMILES string of the molecule is O=C(Nc1ccc2ccccc2c1)c1ccc2cc[nH]c2c1. The van der Waals surface area contributed by atoms with E-state index in [1.54, 1.807) is 0 Å². The van der Waals surface area contributed by atoms with Gasteiger partial charge < -0.3 is 10.3 Å². The number of carbonyl (C=O) groups excluding carboxylic acids is 1. The quantitative estimate of drug-likeness (QED) is 0.557. The number of H-pyrrole nitrogens is 1. The van der Waals surface area contributed by atoms with Gasteiger partial charge in [-0.2, -0.15) is 0 Å². The van der Waals surface area contributed by atoms with E-state index in [1.807, 2.05) is 66.9 Å². The molecule has 0 aliphatic carbocycles. The van der Waals surface area contributed by atoms with E-state index in [1.165, 1.54) is 0 Å². The first-order valence-electron chi connectivity index (χ1n) is 7.17. The molecule has 3 heteroatoms. The van der Waals surface area contributed by atoms with Crippen LogP contribution >= 0.6 is 0 Å². The number of benzene rings is 3. The second kappa shape index (κ2) is 5.04. The van der Waals surface area contributed by atoms with Gasteiger partial charge in [0.05, 0.1) is 0 Å². The molecule has 0 aliphatic heterocycles. The summed E-state index contributed by atoms with van der Waals surface area (Å²) in [7, 11) is 0. The van der Waals surface area contributed by atoms with E-state index in [0.717, 1.165) is 27.4 Å². The van der Waals surface area contributed by atoms with Crippen LogP contribution in [0, 0.1) is 0 Å². The highest BCUT2D eigenvalue weighted by molar-refractivity contribution is 6.06. The molecule has 0 saturated heterocycles. The van der Waals surface area contributed by atoms with E-state index in [2.05, 4.69) is 16.4 Å². The fraction of sp³-hybridized carbons (Fsp3) is 0. The van der Waals surface area contributed by atoms with Crippen molar-refractivity contribution >= 4 is 33.3 Å². The number of hydrogen-bond acceptors (Lipinski definition) is 1. The summed E-state index contributed by atoms with van der Waals surface area (Å²) in [5.41, 5.74) is 2.41. The molecule has 0 radical (unpaired) electrons. The van der Waals surface area contributed by atoms with Gasteiger partial charge in [-0.15, -0.1) is 0 Å². The van der Waals surface area contributed by atoms with E-state index in [4.69, 9.17) is 0 Å². The van der Waals surface area contributed by atoms with Gasteiger partial charge in [0.2, 0.25) is 0 Å². The minimum Gasteiger partial charge on any atom is -0.361 e. The van der Waals surface area contributed by atoms with Crippen LogP contribution in [0.3, 0.4) is 0 Å². The van der Waals surface area contributed by atoms with Crippen molar-refractivity contribution < 1.29 is 4.79 Å². The van der Waals surface area contributed by atoms with Crippen LogP contribution in [-0.4, -0.2) is 10.9 Å². The molecule has 0 unspecified atom stereocenters. The van der Waals surface area contributed by atoms with Crippen LogP contribution in [0.1, 0.15) is 10.4 Å². The number of hydrogen-bond donors (Lipinski definition) is 2. The molecule has 1 aromatic heterocycles. The summed E-state index contributed by atoms with van der Waals surface area (Å²) in [5.74, 6) is -0.105. The van der Waals surface area contributed by atoms with Crippen molar-refractivity contribution in [1.82, 2.24) is 4.98 Å². The molecule has 3 aromatic carbocycles. The maximum atomic E-state index is 12.4. The monoisotopic (exact) mass is 286 g/mol. The third-order valence-electron chi connectivity index (χ3n) is 3.82. The molecular formula is C19H14N2O. The summed E-state index contributed by atoms with van der Waals surface area (Å²) in [6.45, 7) is 0. The normalized spacial score (nSPS) is 10.9. The number of fused-ring (bicyclic) bond motifs is 2. The highest BCUT2D eigenvalue weighted by Gasteiger charge is 2.07. The van der Waals surface area contributed by atoms with Crippen molar-refractivity contribution in [2.75, 3.05) is 5.32 Å². The van der Waals surface area contributed by atoms with Crippen molar-refractivity contribution in [1.29, 1.82) is 0 Å². The lowest BCUT2D eigenvalue weighted by molar-refractivity contribution is 0.102. The van der Waals surface area contributed by atoms with E-state index in [-0.39, 0.29) is 5.91 Å². The van der Waals surface area contributed by atoms with Crippen molar-refractivity contribution in [3.63, 3.8) is 0 Å². The standard InChI is InChI=1S/C19H14N2O/c22-19(16-6-5-14-9-10-20-18(14)12-16)21-17-8-7-13-3-1-2-4-15(13)11-17/h1-12,20H,(H,21,22). The summed E-state index contributed by atoms with van der Waals surface area (Å²) >= 11 is 0. The summed E-state index contributed by atoms with van der Waals surface area (Å²) in [5, 5.41) is 6.33. The van der Waals surface area contributed by atoms with Crippen molar-refractivity contribution in [2.24, 2.45) is 0 Å². The molecule has 4 rings (SSSR count). The molecule has 0 bridgehead atoms. The molecule has 4 aromatic rings. The Kier molecular flexibility index (Phi) is 2.90. The Bertz CT molecular complexity index is 985. The molecule has 0 aliphatic rings. The molecule has 0 saturated carbocycles. The molecule has 0 spiro atoms. The Morgan fingerprint density at radius 3 is 2.55 bits per heavy atom. The average Bonchev–Trinajstić information content (AvgIpc) is 3.02. The third kappa shape index (κ3) is 2.23. The Balaban J connectivity index is 1.64. The van der Waals surface area contributed by atoms with Crippen molar-refractivity contribution in [3.05, 3.63) is 78.5 Å². The number of amides is 1. The summed E-state index contributed by atoms with van der Waals surface area (Å²) in [6, 6.07) is 21.7. The van der Waals surface area contributed by atoms with Gasteiger partial charge >= 0.3 is 0 Å². The van der Waals surface area contributed by atoms with Crippen LogP contribution in [0.2, 0.25) is 0 Å². The number of nitrogens with one attached hydrogen (secondary N) is 2. The zero-order valence-electron chi connectivity index (χ0n) is 11.8. The van der Waals surface area contributed by atoms with Crippen LogP contribution in [0.4, 0.5) is 5.69 Å². The highest BCUT2D eigenvalue weighted by atomic mass is 16.1.